The van der Waals surface area contributed by atoms with Crippen LogP contribution in [0.1, 0.15) is 39.5 Å². The van der Waals surface area contributed by atoms with Crippen molar-refractivity contribution in [1.29, 1.82) is 0 Å². The lowest BCUT2D eigenvalue weighted by atomic mass is 9.78. The second-order valence-corrected chi connectivity index (χ2v) is 6.09. The third-order valence-corrected chi connectivity index (χ3v) is 4.62. The number of nitrogens with two attached hydrogens (primary N) is 1. The lowest BCUT2D eigenvalue weighted by molar-refractivity contribution is -0.122. The van der Waals surface area contributed by atoms with Crippen molar-refractivity contribution in [2.45, 2.75) is 51.6 Å². The van der Waals surface area contributed by atoms with Crippen molar-refractivity contribution in [3.63, 3.8) is 0 Å². The molecule has 4 unspecified atom stereocenters. The van der Waals surface area contributed by atoms with Gasteiger partial charge in [-0.2, -0.15) is 0 Å². The van der Waals surface area contributed by atoms with Gasteiger partial charge in [-0.15, -0.1) is 12.4 Å². The van der Waals surface area contributed by atoms with Crippen LogP contribution in [0.2, 0.25) is 0 Å². The molecule has 4 atom stereocenters. The highest BCUT2D eigenvalue weighted by Crippen LogP contribution is 2.35. The maximum Gasteiger partial charge on any atom is 0.234 e. The fourth-order valence-electron chi connectivity index (χ4n) is 3.36. The van der Waals surface area contributed by atoms with Gasteiger partial charge >= 0.3 is 0 Å². The Labute approximate surface area is 122 Å². The standard InChI is InChI=1S/C14H27N3O.ClH/c1-3-10(2)16-14(18)9-17-7-11-5-4-6-13(15)12(11)8-17;/h10-13H,3-9,15H2,1-2H3,(H,16,18);1H. The Morgan fingerprint density at radius 3 is 2.79 bits per heavy atom. The van der Waals surface area contributed by atoms with Crippen molar-refractivity contribution in [1.82, 2.24) is 10.2 Å². The molecule has 3 N–H and O–H groups in total. The second-order valence-electron chi connectivity index (χ2n) is 6.09. The van der Waals surface area contributed by atoms with Crippen LogP contribution in [0.5, 0.6) is 0 Å². The number of likely N-dealkylation sites (tertiary alicyclic amines) is 1. The lowest BCUT2D eigenvalue weighted by Crippen LogP contribution is -2.41. The zero-order chi connectivity index (χ0) is 13.1. The van der Waals surface area contributed by atoms with E-state index in [9.17, 15) is 4.79 Å². The molecular formula is C14H28ClN3O. The Hall–Kier alpha value is -0.320. The van der Waals surface area contributed by atoms with Crippen LogP contribution in [0.25, 0.3) is 0 Å². The molecule has 2 aliphatic rings. The van der Waals surface area contributed by atoms with Crippen molar-refractivity contribution < 1.29 is 4.79 Å². The van der Waals surface area contributed by atoms with Crippen LogP contribution in [0.15, 0.2) is 0 Å². The van der Waals surface area contributed by atoms with Gasteiger partial charge in [-0.1, -0.05) is 13.3 Å². The molecule has 0 aromatic rings. The number of hydrogen-bond donors (Lipinski definition) is 2. The van der Waals surface area contributed by atoms with E-state index in [1.807, 2.05) is 0 Å². The minimum absolute atomic E-state index is 0. The quantitative estimate of drug-likeness (QED) is 0.822. The maximum absolute atomic E-state index is 11.9. The number of carbonyl (C=O) groups is 1. The van der Waals surface area contributed by atoms with Crippen LogP contribution in [0.4, 0.5) is 0 Å². The molecule has 5 heteroatoms. The number of amides is 1. The Bertz CT molecular complexity index is 300. The van der Waals surface area contributed by atoms with E-state index < -0.39 is 0 Å². The van der Waals surface area contributed by atoms with Crippen molar-refractivity contribution >= 4 is 18.3 Å². The van der Waals surface area contributed by atoms with Crippen LogP contribution in [-0.2, 0) is 4.79 Å². The van der Waals surface area contributed by atoms with Crippen molar-refractivity contribution in [3.8, 4) is 0 Å². The van der Waals surface area contributed by atoms with E-state index >= 15 is 0 Å². The zero-order valence-corrected chi connectivity index (χ0v) is 12.9. The van der Waals surface area contributed by atoms with E-state index in [1.54, 1.807) is 0 Å². The van der Waals surface area contributed by atoms with Crippen LogP contribution in [0, 0.1) is 11.8 Å². The zero-order valence-electron chi connectivity index (χ0n) is 12.1. The highest BCUT2D eigenvalue weighted by Gasteiger charge is 2.38. The third-order valence-electron chi connectivity index (χ3n) is 4.62. The van der Waals surface area contributed by atoms with Gasteiger partial charge in [-0.05, 0) is 38.0 Å². The highest BCUT2D eigenvalue weighted by atomic mass is 35.5. The molecule has 112 valence electrons. The van der Waals surface area contributed by atoms with Gasteiger partial charge in [0.2, 0.25) is 5.91 Å². The average molecular weight is 290 g/mol. The first kappa shape index (κ1) is 16.7. The summed E-state index contributed by atoms with van der Waals surface area (Å²) < 4.78 is 0. The summed E-state index contributed by atoms with van der Waals surface area (Å²) in [6.45, 7) is 6.77. The SMILES string of the molecule is CCC(C)NC(=O)CN1CC2CCCC(N)C2C1.Cl. The average Bonchev–Trinajstić information content (AvgIpc) is 2.72. The van der Waals surface area contributed by atoms with Gasteiger partial charge in [0.1, 0.15) is 0 Å². The Morgan fingerprint density at radius 1 is 1.42 bits per heavy atom. The summed E-state index contributed by atoms with van der Waals surface area (Å²) in [5.74, 6) is 1.51. The van der Waals surface area contributed by atoms with E-state index in [-0.39, 0.29) is 24.4 Å². The van der Waals surface area contributed by atoms with E-state index in [1.165, 1.54) is 12.8 Å². The molecule has 2 fully saturated rings. The number of nitrogens with zero attached hydrogens (tertiary/aromatic N) is 1. The molecule has 1 heterocycles. The normalized spacial score (nSPS) is 32.3. The Kier molecular flexibility index (Phi) is 6.57. The smallest absolute Gasteiger partial charge is 0.234 e. The number of fused-ring (bicyclic) bond motifs is 1. The van der Waals surface area contributed by atoms with E-state index in [0.29, 0.717) is 18.5 Å². The van der Waals surface area contributed by atoms with E-state index in [4.69, 9.17) is 5.73 Å². The summed E-state index contributed by atoms with van der Waals surface area (Å²) in [6, 6.07) is 0.635. The topological polar surface area (TPSA) is 58.4 Å². The van der Waals surface area contributed by atoms with E-state index in [2.05, 4.69) is 24.1 Å². The Balaban J connectivity index is 0.00000180. The van der Waals surface area contributed by atoms with Gasteiger partial charge in [0.05, 0.1) is 6.54 Å². The molecule has 0 aromatic carbocycles. The highest BCUT2D eigenvalue weighted by molar-refractivity contribution is 5.85. The predicted octanol–water partition coefficient (Wildman–Crippen LogP) is 1.38. The summed E-state index contributed by atoms with van der Waals surface area (Å²) in [5, 5.41) is 3.04. The van der Waals surface area contributed by atoms with Gasteiger partial charge in [0.15, 0.2) is 0 Å². The molecule has 1 amide bonds. The minimum atomic E-state index is 0. The maximum atomic E-state index is 11.9. The first-order chi connectivity index (χ1) is 8.60. The monoisotopic (exact) mass is 289 g/mol. The van der Waals surface area contributed by atoms with Crippen LogP contribution in [-0.4, -0.2) is 42.5 Å². The molecule has 1 aliphatic heterocycles. The molecule has 0 radical (unpaired) electrons. The lowest BCUT2D eigenvalue weighted by Gasteiger charge is -2.29. The van der Waals surface area contributed by atoms with Gasteiger partial charge in [0, 0.05) is 25.2 Å². The molecule has 19 heavy (non-hydrogen) atoms. The molecule has 0 spiro atoms. The van der Waals surface area contributed by atoms with E-state index in [0.717, 1.165) is 31.8 Å². The predicted molar refractivity (Wildman–Crippen MR) is 80.4 cm³/mol. The largest absolute Gasteiger partial charge is 0.353 e. The van der Waals surface area contributed by atoms with Gasteiger partial charge < -0.3 is 11.1 Å². The second kappa shape index (κ2) is 7.46. The number of halogens is 1. The molecule has 0 aromatic heterocycles. The molecule has 0 bridgehead atoms. The number of rotatable bonds is 4. The first-order valence-corrected chi connectivity index (χ1v) is 7.37. The van der Waals surface area contributed by atoms with Crippen molar-refractivity contribution in [2.24, 2.45) is 17.6 Å². The third kappa shape index (κ3) is 4.33. The van der Waals surface area contributed by atoms with Gasteiger partial charge in [-0.25, -0.2) is 0 Å². The summed E-state index contributed by atoms with van der Waals surface area (Å²) in [4.78, 5) is 14.2. The molecular weight excluding hydrogens is 262 g/mol. The summed E-state index contributed by atoms with van der Waals surface area (Å²) in [6.07, 6.45) is 4.70. The fourth-order valence-corrected chi connectivity index (χ4v) is 3.36. The molecule has 1 saturated heterocycles. The number of carbonyl (C=O) groups excluding carboxylic acids is 1. The summed E-state index contributed by atoms with van der Waals surface area (Å²) in [5.41, 5.74) is 6.19. The number of hydrogen-bond acceptors (Lipinski definition) is 3. The fraction of sp³-hybridized carbons (Fsp3) is 0.929. The van der Waals surface area contributed by atoms with Crippen LogP contribution >= 0.6 is 12.4 Å². The Morgan fingerprint density at radius 2 is 2.16 bits per heavy atom. The molecule has 1 aliphatic carbocycles. The van der Waals surface area contributed by atoms with Crippen molar-refractivity contribution in [3.05, 3.63) is 0 Å². The van der Waals surface area contributed by atoms with Crippen LogP contribution < -0.4 is 11.1 Å². The number of nitrogens with one attached hydrogen (secondary N) is 1. The van der Waals surface area contributed by atoms with Crippen molar-refractivity contribution in [2.75, 3.05) is 19.6 Å². The molecule has 2 rings (SSSR count). The summed E-state index contributed by atoms with van der Waals surface area (Å²) >= 11 is 0. The van der Waals surface area contributed by atoms with Gasteiger partial charge in [-0.3, -0.25) is 9.69 Å². The minimum Gasteiger partial charge on any atom is -0.353 e. The summed E-state index contributed by atoms with van der Waals surface area (Å²) in [7, 11) is 0. The molecule has 1 saturated carbocycles. The van der Waals surface area contributed by atoms with Gasteiger partial charge in [0.25, 0.3) is 0 Å². The first-order valence-electron chi connectivity index (χ1n) is 7.37. The molecule has 4 nitrogen and oxygen atoms in total. The van der Waals surface area contributed by atoms with Crippen LogP contribution in [0.3, 0.4) is 0 Å².